The van der Waals surface area contributed by atoms with Crippen molar-refractivity contribution in [3.8, 4) is 0 Å². The number of carboxylic acids is 1. The number of hydrogen-bond acceptors (Lipinski definition) is 3. The lowest BCUT2D eigenvalue weighted by atomic mass is 10.2. The molecule has 0 fully saturated rings. The number of carbonyl (C=O) groups is 1. The van der Waals surface area contributed by atoms with Crippen LogP contribution in [-0.2, 0) is 18.3 Å². The zero-order chi connectivity index (χ0) is 10.1. The molecule has 0 amide bonds. The predicted molar refractivity (Wildman–Crippen MR) is 49.8 cm³/mol. The molecule has 5 nitrogen and oxygen atoms in total. The second-order valence-corrected chi connectivity index (χ2v) is 3.07. The van der Waals surface area contributed by atoms with Gasteiger partial charge >= 0.3 is 5.97 Å². The molecular weight excluding hydrogens is 182 g/mol. The zero-order valence-electron chi connectivity index (χ0n) is 7.64. The summed E-state index contributed by atoms with van der Waals surface area (Å²) in [5, 5.41) is 8.58. The summed E-state index contributed by atoms with van der Waals surface area (Å²) in [6.07, 6.45) is 1.59. The Morgan fingerprint density at radius 2 is 2.36 bits per heavy atom. The van der Waals surface area contributed by atoms with Crippen molar-refractivity contribution in [1.29, 1.82) is 0 Å². The molecule has 1 N–H and O–H groups in total. The van der Waals surface area contributed by atoms with E-state index in [0.717, 1.165) is 5.52 Å². The molecule has 0 saturated carbocycles. The molecule has 5 heteroatoms. The summed E-state index contributed by atoms with van der Waals surface area (Å²) in [6.45, 7) is 0. The van der Waals surface area contributed by atoms with Gasteiger partial charge in [-0.15, -0.1) is 0 Å². The first-order chi connectivity index (χ1) is 6.66. The summed E-state index contributed by atoms with van der Waals surface area (Å²) in [5.41, 5.74) is 2.02. The number of hydrogen-bond donors (Lipinski definition) is 1. The molecule has 0 radical (unpaired) electrons. The first-order valence-corrected chi connectivity index (χ1v) is 4.15. The van der Waals surface area contributed by atoms with Gasteiger partial charge in [0.1, 0.15) is 0 Å². The first-order valence-electron chi connectivity index (χ1n) is 4.15. The van der Waals surface area contributed by atoms with Gasteiger partial charge in [0.2, 0.25) is 0 Å². The van der Waals surface area contributed by atoms with E-state index in [2.05, 4.69) is 9.97 Å². The van der Waals surface area contributed by atoms with Crippen LogP contribution in [0.5, 0.6) is 0 Å². The van der Waals surface area contributed by atoms with Gasteiger partial charge in [0.15, 0.2) is 5.65 Å². The van der Waals surface area contributed by atoms with Crippen molar-refractivity contribution in [2.24, 2.45) is 7.05 Å². The Morgan fingerprint density at radius 3 is 3.07 bits per heavy atom. The summed E-state index contributed by atoms with van der Waals surface area (Å²) in [6, 6.07) is 3.53. The van der Waals surface area contributed by atoms with Crippen LogP contribution in [-0.4, -0.2) is 25.6 Å². The third-order valence-electron chi connectivity index (χ3n) is 1.98. The maximum atomic E-state index is 10.4. The second kappa shape index (κ2) is 3.10. The summed E-state index contributed by atoms with van der Waals surface area (Å²) in [4.78, 5) is 18.6. The minimum Gasteiger partial charge on any atom is -0.481 e. The van der Waals surface area contributed by atoms with Crippen molar-refractivity contribution in [3.05, 3.63) is 24.2 Å². The van der Waals surface area contributed by atoms with E-state index in [-0.39, 0.29) is 6.42 Å². The van der Waals surface area contributed by atoms with Crippen LogP contribution >= 0.6 is 0 Å². The van der Waals surface area contributed by atoms with Gasteiger partial charge in [-0.2, -0.15) is 0 Å². The summed E-state index contributed by atoms with van der Waals surface area (Å²) in [7, 11) is 1.87. The Bertz CT molecular complexity index is 490. The molecule has 0 aliphatic carbocycles. The lowest BCUT2D eigenvalue weighted by Gasteiger charge is -1.96. The smallest absolute Gasteiger partial charge is 0.309 e. The molecule has 0 unspecified atom stereocenters. The van der Waals surface area contributed by atoms with E-state index in [4.69, 9.17) is 5.11 Å². The normalized spacial score (nSPS) is 10.6. The van der Waals surface area contributed by atoms with E-state index in [0.29, 0.717) is 11.3 Å². The molecule has 0 aliphatic rings. The minimum absolute atomic E-state index is 0.0630. The van der Waals surface area contributed by atoms with Crippen molar-refractivity contribution < 1.29 is 9.90 Å². The van der Waals surface area contributed by atoms with Crippen LogP contribution in [0.2, 0.25) is 0 Å². The summed E-state index contributed by atoms with van der Waals surface area (Å²) >= 11 is 0. The standard InChI is InChI=1S/C9H9N3O2/c1-12-5-10-9-7(12)3-2-6(11-9)4-8(13)14/h2-3,5H,4H2,1H3,(H,13,14). The third-order valence-corrected chi connectivity index (χ3v) is 1.98. The number of pyridine rings is 1. The number of nitrogens with zero attached hydrogens (tertiary/aromatic N) is 3. The van der Waals surface area contributed by atoms with E-state index in [1.807, 2.05) is 17.7 Å². The predicted octanol–water partition coefficient (Wildman–Crippen LogP) is 0.595. The van der Waals surface area contributed by atoms with Crippen molar-refractivity contribution >= 4 is 17.1 Å². The SMILES string of the molecule is Cn1cnc2nc(CC(=O)O)ccc21. The van der Waals surface area contributed by atoms with Gasteiger partial charge in [0.25, 0.3) is 0 Å². The van der Waals surface area contributed by atoms with Gasteiger partial charge in [-0.1, -0.05) is 0 Å². The largest absolute Gasteiger partial charge is 0.481 e. The lowest BCUT2D eigenvalue weighted by Crippen LogP contribution is -2.02. The Morgan fingerprint density at radius 1 is 1.57 bits per heavy atom. The van der Waals surface area contributed by atoms with Crippen LogP contribution in [0.3, 0.4) is 0 Å². The van der Waals surface area contributed by atoms with Crippen LogP contribution in [0.25, 0.3) is 11.2 Å². The van der Waals surface area contributed by atoms with Gasteiger partial charge in [-0.25, -0.2) is 9.97 Å². The molecule has 0 spiro atoms. The fraction of sp³-hybridized carbons (Fsp3) is 0.222. The van der Waals surface area contributed by atoms with E-state index < -0.39 is 5.97 Å². The van der Waals surface area contributed by atoms with Crippen LogP contribution < -0.4 is 0 Å². The first kappa shape index (κ1) is 8.68. The van der Waals surface area contributed by atoms with Gasteiger partial charge in [-0.3, -0.25) is 4.79 Å². The molecule has 0 aromatic carbocycles. The number of imidazole rings is 1. The molecule has 0 saturated heterocycles. The van der Waals surface area contributed by atoms with Gasteiger partial charge < -0.3 is 9.67 Å². The Kier molecular flexibility index (Phi) is 1.92. The number of aromatic nitrogens is 3. The summed E-state index contributed by atoms with van der Waals surface area (Å²) in [5.74, 6) is -0.882. The molecule has 2 aromatic heterocycles. The van der Waals surface area contributed by atoms with E-state index in [9.17, 15) is 4.79 Å². The fourth-order valence-electron chi connectivity index (χ4n) is 1.31. The molecule has 72 valence electrons. The Hall–Kier alpha value is -1.91. The van der Waals surface area contributed by atoms with Crippen LogP contribution in [0, 0.1) is 0 Å². The average molecular weight is 191 g/mol. The van der Waals surface area contributed by atoms with E-state index >= 15 is 0 Å². The van der Waals surface area contributed by atoms with Crippen molar-refractivity contribution in [3.63, 3.8) is 0 Å². The number of fused-ring (bicyclic) bond motifs is 1. The third kappa shape index (κ3) is 1.44. The van der Waals surface area contributed by atoms with Crippen molar-refractivity contribution in [2.45, 2.75) is 6.42 Å². The van der Waals surface area contributed by atoms with E-state index in [1.54, 1.807) is 12.4 Å². The second-order valence-electron chi connectivity index (χ2n) is 3.07. The van der Waals surface area contributed by atoms with E-state index in [1.165, 1.54) is 0 Å². The Labute approximate surface area is 80.0 Å². The molecule has 0 bridgehead atoms. The number of aryl methyl sites for hydroxylation is 1. The fourth-order valence-corrected chi connectivity index (χ4v) is 1.31. The van der Waals surface area contributed by atoms with Crippen LogP contribution in [0.15, 0.2) is 18.5 Å². The molecule has 0 aliphatic heterocycles. The molecular formula is C9H9N3O2. The maximum absolute atomic E-state index is 10.4. The highest BCUT2D eigenvalue weighted by Crippen LogP contribution is 2.09. The lowest BCUT2D eigenvalue weighted by molar-refractivity contribution is -0.136. The number of rotatable bonds is 2. The molecule has 14 heavy (non-hydrogen) atoms. The number of carboxylic acid groups (broad SMARTS) is 1. The van der Waals surface area contributed by atoms with Crippen LogP contribution in [0.4, 0.5) is 0 Å². The maximum Gasteiger partial charge on any atom is 0.309 e. The highest BCUT2D eigenvalue weighted by molar-refractivity contribution is 5.73. The highest BCUT2D eigenvalue weighted by atomic mass is 16.4. The summed E-state index contributed by atoms with van der Waals surface area (Å²) < 4.78 is 1.84. The topological polar surface area (TPSA) is 68.0 Å². The van der Waals surface area contributed by atoms with Gasteiger partial charge in [0, 0.05) is 7.05 Å². The Balaban J connectivity index is 2.46. The molecule has 2 heterocycles. The monoisotopic (exact) mass is 191 g/mol. The van der Waals surface area contributed by atoms with Gasteiger partial charge in [0.05, 0.1) is 24.0 Å². The minimum atomic E-state index is -0.882. The van der Waals surface area contributed by atoms with Crippen molar-refractivity contribution in [2.75, 3.05) is 0 Å². The highest BCUT2D eigenvalue weighted by Gasteiger charge is 2.05. The zero-order valence-corrected chi connectivity index (χ0v) is 7.64. The average Bonchev–Trinajstić information content (AvgIpc) is 2.46. The molecule has 2 rings (SSSR count). The quantitative estimate of drug-likeness (QED) is 0.754. The number of aliphatic carboxylic acids is 1. The van der Waals surface area contributed by atoms with Crippen molar-refractivity contribution in [1.82, 2.24) is 14.5 Å². The van der Waals surface area contributed by atoms with Gasteiger partial charge in [-0.05, 0) is 12.1 Å². The molecule has 0 atom stereocenters. The van der Waals surface area contributed by atoms with Crippen LogP contribution in [0.1, 0.15) is 5.69 Å². The molecule has 2 aromatic rings.